The predicted octanol–water partition coefficient (Wildman–Crippen LogP) is 2.46. The minimum absolute atomic E-state index is 0.552. The number of benzene rings is 1. The van der Waals surface area contributed by atoms with Gasteiger partial charge in [0.05, 0.1) is 27.1 Å². The number of aryl methyl sites for hydroxylation is 2. The van der Waals surface area contributed by atoms with Gasteiger partial charge in [-0.2, -0.15) is 0 Å². The predicted molar refractivity (Wildman–Crippen MR) is 74.5 cm³/mol. The number of hydrogen-bond donors (Lipinski definition) is 1. The minimum atomic E-state index is 0.552. The van der Waals surface area contributed by atoms with Crippen LogP contribution in [0, 0.1) is 6.92 Å². The first-order chi connectivity index (χ1) is 8.70. The lowest BCUT2D eigenvalue weighted by atomic mass is 10.2. The number of rotatable bonds is 2. The van der Waals surface area contributed by atoms with Crippen molar-refractivity contribution in [3.05, 3.63) is 35.0 Å². The van der Waals surface area contributed by atoms with Crippen LogP contribution in [-0.2, 0) is 13.6 Å². The van der Waals surface area contributed by atoms with Gasteiger partial charge in [-0.15, -0.1) is 11.3 Å². The number of thiazole rings is 1. The van der Waals surface area contributed by atoms with E-state index in [4.69, 9.17) is 5.73 Å². The summed E-state index contributed by atoms with van der Waals surface area (Å²) in [6.07, 6.45) is 0. The molecule has 2 heterocycles. The molecule has 0 saturated carbocycles. The Morgan fingerprint density at radius 2 is 2.22 bits per heavy atom. The van der Waals surface area contributed by atoms with Crippen LogP contribution in [0.4, 0.5) is 0 Å². The van der Waals surface area contributed by atoms with Crippen molar-refractivity contribution in [1.82, 2.24) is 14.5 Å². The Balaban J connectivity index is 2.26. The Hall–Kier alpha value is -1.72. The van der Waals surface area contributed by atoms with Gasteiger partial charge in [0.25, 0.3) is 0 Å². The maximum Gasteiger partial charge on any atom is 0.152 e. The zero-order chi connectivity index (χ0) is 12.7. The fourth-order valence-corrected chi connectivity index (χ4v) is 2.91. The van der Waals surface area contributed by atoms with Gasteiger partial charge in [0.1, 0.15) is 0 Å². The number of nitrogens with two attached hydrogens (primary N) is 1. The summed E-state index contributed by atoms with van der Waals surface area (Å²) in [5, 5.41) is 0. The summed E-state index contributed by atoms with van der Waals surface area (Å²) in [7, 11) is 2.03. The van der Waals surface area contributed by atoms with Gasteiger partial charge >= 0.3 is 0 Å². The molecule has 18 heavy (non-hydrogen) atoms. The van der Waals surface area contributed by atoms with E-state index in [1.165, 1.54) is 0 Å². The molecule has 2 N–H and O–H groups in total. The fraction of sp³-hybridized carbons (Fsp3) is 0.231. The van der Waals surface area contributed by atoms with Gasteiger partial charge in [0.15, 0.2) is 5.82 Å². The molecule has 92 valence electrons. The lowest BCUT2D eigenvalue weighted by Gasteiger charge is -2.01. The van der Waals surface area contributed by atoms with Crippen molar-refractivity contribution in [2.45, 2.75) is 13.5 Å². The van der Waals surface area contributed by atoms with Crippen molar-refractivity contribution in [3.63, 3.8) is 0 Å². The number of fused-ring (bicyclic) bond motifs is 1. The van der Waals surface area contributed by atoms with Crippen molar-refractivity contribution in [3.8, 4) is 10.7 Å². The summed E-state index contributed by atoms with van der Waals surface area (Å²) in [5.74, 6) is 0.971. The van der Waals surface area contributed by atoms with Crippen LogP contribution in [0.1, 0.15) is 11.3 Å². The first-order valence-electron chi connectivity index (χ1n) is 5.76. The number of aromatic nitrogens is 3. The number of hydrogen-bond acceptors (Lipinski definition) is 4. The lowest BCUT2D eigenvalue weighted by Crippen LogP contribution is -1.97. The second kappa shape index (κ2) is 4.19. The van der Waals surface area contributed by atoms with Gasteiger partial charge in [0.2, 0.25) is 0 Å². The van der Waals surface area contributed by atoms with Crippen molar-refractivity contribution >= 4 is 22.4 Å². The van der Waals surface area contributed by atoms with Crippen LogP contribution in [0.3, 0.4) is 0 Å². The largest absolute Gasteiger partial charge is 0.326 e. The third-order valence-electron chi connectivity index (χ3n) is 3.13. The van der Waals surface area contributed by atoms with E-state index in [-0.39, 0.29) is 0 Å². The first-order valence-corrected chi connectivity index (χ1v) is 6.64. The molecule has 0 bridgehead atoms. The third-order valence-corrected chi connectivity index (χ3v) is 4.05. The highest BCUT2D eigenvalue weighted by Gasteiger charge is 2.13. The van der Waals surface area contributed by atoms with E-state index in [9.17, 15) is 0 Å². The molecule has 5 heteroatoms. The number of nitrogens with zero attached hydrogens (tertiary/aromatic N) is 3. The molecule has 3 aromatic rings. The first kappa shape index (κ1) is 11.4. The van der Waals surface area contributed by atoms with E-state index in [1.54, 1.807) is 11.3 Å². The maximum absolute atomic E-state index is 5.68. The molecular formula is C13H14N4S. The molecule has 0 amide bonds. The van der Waals surface area contributed by atoms with Crippen LogP contribution in [0.25, 0.3) is 21.7 Å². The Kier molecular flexibility index (Phi) is 2.65. The van der Waals surface area contributed by atoms with Crippen molar-refractivity contribution < 1.29 is 0 Å². The zero-order valence-electron chi connectivity index (χ0n) is 10.3. The number of imidazole rings is 1. The quantitative estimate of drug-likeness (QED) is 0.768. The van der Waals surface area contributed by atoms with Gasteiger partial charge in [-0.3, -0.25) is 0 Å². The Labute approximate surface area is 109 Å². The molecule has 0 saturated heterocycles. The Morgan fingerprint density at radius 3 is 2.89 bits per heavy atom. The summed E-state index contributed by atoms with van der Waals surface area (Å²) >= 11 is 1.62. The molecule has 0 aliphatic carbocycles. The highest BCUT2D eigenvalue weighted by Crippen LogP contribution is 2.29. The SMILES string of the molecule is Cc1ncsc1-c1nc2ccc(CN)cc2n1C. The van der Waals surface area contributed by atoms with Gasteiger partial charge in [-0.1, -0.05) is 6.07 Å². The summed E-state index contributed by atoms with van der Waals surface area (Å²) in [6.45, 7) is 2.56. The molecule has 0 radical (unpaired) electrons. The van der Waals surface area contributed by atoms with Crippen LogP contribution in [0.15, 0.2) is 23.7 Å². The average Bonchev–Trinajstić information content (AvgIpc) is 2.93. The van der Waals surface area contributed by atoms with Gasteiger partial charge in [-0.05, 0) is 24.6 Å². The van der Waals surface area contributed by atoms with E-state index in [0.29, 0.717) is 6.54 Å². The molecule has 1 aromatic carbocycles. The molecule has 0 fully saturated rings. The molecule has 0 aliphatic rings. The average molecular weight is 258 g/mol. The summed E-state index contributed by atoms with van der Waals surface area (Å²) in [4.78, 5) is 10.1. The fourth-order valence-electron chi connectivity index (χ4n) is 2.08. The van der Waals surface area contributed by atoms with Crippen molar-refractivity contribution in [2.75, 3.05) is 0 Å². The summed E-state index contributed by atoms with van der Waals surface area (Å²) < 4.78 is 2.11. The standard InChI is InChI=1S/C13H14N4S/c1-8-12(18-7-15-8)13-16-10-4-3-9(6-14)5-11(10)17(13)2/h3-5,7H,6,14H2,1-2H3. The van der Waals surface area contributed by atoms with Crippen LogP contribution in [0.5, 0.6) is 0 Å². The van der Waals surface area contributed by atoms with Gasteiger partial charge in [0, 0.05) is 13.6 Å². The molecule has 3 rings (SSSR count). The molecule has 4 nitrogen and oxygen atoms in total. The van der Waals surface area contributed by atoms with Crippen LogP contribution in [-0.4, -0.2) is 14.5 Å². The van der Waals surface area contributed by atoms with Crippen molar-refractivity contribution in [2.24, 2.45) is 12.8 Å². The molecule has 0 spiro atoms. The van der Waals surface area contributed by atoms with Gasteiger partial charge < -0.3 is 10.3 Å². The highest BCUT2D eigenvalue weighted by molar-refractivity contribution is 7.13. The molecule has 2 aromatic heterocycles. The van der Waals surface area contributed by atoms with Gasteiger partial charge in [-0.25, -0.2) is 9.97 Å². The second-order valence-electron chi connectivity index (χ2n) is 4.29. The monoisotopic (exact) mass is 258 g/mol. The lowest BCUT2D eigenvalue weighted by molar-refractivity contribution is 0.957. The summed E-state index contributed by atoms with van der Waals surface area (Å²) in [6, 6.07) is 6.15. The second-order valence-corrected chi connectivity index (χ2v) is 5.14. The van der Waals surface area contributed by atoms with Crippen LogP contribution >= 0.6 is 11.3 Å². The Bertz CT molecular complexity index is 711. The van der Waals surface area contributed by atoms with E-state index >= 15 is 0 Å². The van der Waals surface area contributed by atoms with E-state index in [1.807, 2.05) is 31.6 Å². The summed E-state index contributed by atoms with van der Waals surface area (Å²) in [5.41, 5.74) is 11.8. The molecule has 0 aliphatic heterocycles. The maximum atomic E-state index is 5.68. The molecule has 0 unspecified atom stereocenters. The smallest absolute Gasteiger partial charge is 0.152 e. The minimum Gasteiger partial charge on any atom is -0.326 e. The molecule has 0 atom stereocenters. The Morgan fingerprint density at radius 1 is 1.39 bits per heavy atom. The van der Waals surface area contributed by atoms with Crippen LogP contribution in [0.2, 0.25) is 0 Å². The normalized spacial score (nSPS) is 11.3. The van der Waals surface area contributed by atoms with Crippen LogP contribution < -0.4 is 5.73 Å². The zero-order valence-corrected chi connectivity index (χ0v) is 11.2. The third kappa shape index (κ3) is 1.63. The molecular weight excluding hydrogens is 244 g/mol. The van der Waals surface area contributed by atoms with Crippen molar-refractivity contribution in [1.29, 1.82) is 0 Å². The van der Waals surface area contributed by atoms with E-state index in [2.05, 4.69) is 20.6 Å². The van der Waals surface area contributed by atoms with E-state index < -0.39 is 0 Å². The topological polar surface area (TPSA) is 56.7 Å². The van der Waals surface area contributed by atoms with E-state index in [0.717, 1.165) is 33.0 Å². The highest BCUT2D eigenvalue weighted by atomic mass is 32.1.